The molecule has 2 N–H and O–H groups in total. The second kappa shape index (κ2) is 9.99. The number of aromatic nitrogens is 1. The molecule has 0 saturated heterocycles. The Kier molecular flexibility index (Phi) is 7.15. The quantitative estimate of drug-likeness (QED) is 0.564. The number of carbonyl (C=O) groups is 2. The number of pyridine rings is 1. The largest absolute Gasteiger partial charge is 0.348 e. The number of rotatable bonds is 8. The summed E-state index contributed by atoms with van der Waals surface area (Å²) in [5, 5.41) is 5.36. The Balaban J connectivity index is 1.58. The van der Waals surface area contributed by atoms with Crippen LogP contribution in [0.3, 0.4) is 0 Å². The zero-order valence-corrected chi connectivity index (χ0v) is 17.9. The fraction of sp³-hybridized carbons (Fsp3) is 0.174. The summed E-state index contributed by atoms with van der Waals surface area (Å²) in [5.41, 5.74) is 3.22. The molecule has 0 unspecified atom stereocenters. The third kappa shape index (κ3) is 7.04. The van der Waals surface area contributed by atoms with Crippen molar-refractivity contribution in [3.8, 4) is 0 Å². The minimum atomic E-state index is -3.71. The number of sulfone groups is 1. The Bertz CT molecular complexity index is 1160. The van der Waals surface area contributed by atoms with Crippen LogP contribution < -0.4 is 10.6 Å². The molecule has 0 bridgehead atoms. The van der Waals surface area contributed by atoms with Crippen molar-refractivity contribution in [3.63, 3.8) is 0 Å². The maximum absolute atomic E-state index is 12.5. The summed E-state index contributed by atoms with van der Waals surface area (Å²) in [7, 11) is -3.71. The molecule has 7 nitrogen and oxygen atoms in total. The Morgan fingerprint density at radius 1 is 0.968 bits per heavy atom. The monoisotopic (exact) mass is 437 g/mol. The van der Waals surface area contributed by atoms with E-state index in [1.165, 1.54) is 6.07 Å². The number of hydrogen-bond donors (Lipinski definition) is 2. The molecule has 0 radical (unpaired) electrons. The lowest BCUT2D eigenvalue weighted by atomic mass is 10.1. The normalized spacial score (nSPS) is 11.0. The summed E-state index contributed by atoms with van der Waals surface area (Å²) in [5.74, 6) is -1.90. The highest BCUT2D eigenvalue weighted by Crippen LogP contribution is 2.12. The van der Waals surface area contributed by atoms with E-state index >= 15 is 0 Å². The van der Waals surface area contributed by atoms with Crippen molar-refractivity contribution in [1.82, 2.24) is 10.3 Å². The molecule has 8 heteroatoms. The number of hydrogen-bond acceptors (Lipinski definition) is 5. The summed E-state index contributed by atoms with van der Waals surface area (Å²) >= 11 is 0. The van der Waals surface area contributed by atoms with Gasteiger partial charge in [-0.2, -0.15) is 0 Å². The Morgan fingerprint density at radius 2 is 1.71 bits per heavy atom. The van der Waals surface area contributed by atoms with E-state index in [1.807, 2.05) is 25.1 Å². The second-order valence-corrected chi connectivity index (χ2v) is 9.26. The molecule has 31 heavy (non-hydrogen) atoms. The summed E-state index contributed by atoms with van der Waals surface area (Å²) in [6, 6.07) is 17.1. The fourth-order valence-corrected chi connectivity index (χ4v) is 4.19. The van der Waals surface area contributed by atoms with Crippen molar-refractivity contribution in [3.05, 3.63) is 95.3 Å². The molecule has 0 fully saturated rings. The molecule has 1 heterocycles. The predicted octanol–water partition coefficient (Wildman–Crippen LogP) is 2.87. The van der Waals surface area contributed by atoms with E-state index in [0.29, 0.717) is 23.4 Å². The number of carbonyl (C=O) groups excluding carboxylic acids is 2. The average Bonchev–Trinajstić information content (AvgIpc) is 2.74. The lowest BCUT2D eigenvalue weighted by molar-refractivity contribution is -0.113. The Hall–Kier alpha value is -3.52. The predicted molar refractivity (Wildman–Crippen MR) is 119 cm³/mol. The SMILES string of the molecule is Cc1ccc(NC(=O)CS(=O)(=O)Cc2cccc(C(=O)NCc3cccnc3)c2)cc1. The van der Waals surface area contributed by atoms with E-state index in [-0.39, 0.29) is 11.7 Å². The van der Waals surface area contributed by atoms with Gasteiger partial charge in [0, 0.05) is 30.2 Å². The number of nitrogens with one attached hydrogen (secondary N) is 2. The van der Waals surface area contributed by atoms with Crippen molar-refractivity contribution in [2.24, 2.45) is 0 Å². The van der Waals surface area contributed by atoms with Crippen LogP contribution in [0.2, 0.25) is 0 Å². The standard InChI is InChI=1S/C23H23N3O4S/c1-17-7-9-21(10-8-17)26-22(27)16-31(29,30)15-18-4-2-6-20(12-18)23(28)25-14-19-5-3-11-24-13-19/h2-13H,14-16H2,1H3,(H,25,28)(H,26,27). The van der Waals surface area contributed by atoms with Gasteiger partial charge in [-0.15, -0.1) is 0 Å². The zero-order chi connectivity index (χ0) is 22.3. The first-order chi connectivity index (χ1) is 14.8. The maximum Gasteiger partial charge on any atom is 0.251 e. The molecule has 3 aromatic rings. The molecular formula is C23H23N3O4S. The molecule has 2 aromatic carbocycles. The minimum Gasteiger partial charge on any atom is -0.348 e. The van der Waals surface area contributed by atoms with Crippen molar-refractivity contribution in [2.75, 3.05) is 11.1 Å². The van der Waals surface area contributed by atoms with E-state index in [4.69, 9.17) is 0 Å². The average molecular weight is 438 g/mol. The van der Waals surface area contributed by atoms with E-state index < -0.39 is 21.5 Å². The van der Waals surface area contributed by atoms with Crippen LogP contribution in [-0.2, 0) is 26.9 Å². The molecule has 0 aliphatic heterocycles. The highest BCUT2D eigenvalue weighted by molar-refractivity contribution is 7.91. The van der Waals surface area contributed by atoms with Crippen LogP contribution in [0.4, 0.5) is 5.69 Å². The van der Waals surface area contributed by atoms with Gasteiger partial charge < -0.3 is 10.6 Å². The topological polar surface area (TPSA) is 105 Å². The van der Waals surface area contributed by atoms with Crippen LogP contribution >= 0.6 is 0 Å². The number of nitrogens with zero attached hydrogens (tertiary/aromatic N) is 1. The summed E-state index contributed by atoms with van der Waals surface area (Å²) in [4.78, 5) is 28.5. The maximum atomic E-state index is 12.5. The van der Waals surface area contributed by atoms with Crippen molar-refractivity contribution < 1.29 is 18.0 Å². The van der Waals surface area contributed by atoms with Gasteiger partial charge in [0.05, 0.1) is 5.75 Å². The molecule has 0 spiro atoms. The molecular weight excluding hydrogens is 414 g/mol. The second-order valence-electron chi connectivity index (χ2n) is 7.19. The van der Waals surface area contributed by atoms with Crippen LogP contribution in [0.15, 0.2) is 73.1 Å². The van der Waals surface area contributed by atoms with Crippen LogP contribution in [-0.4, -0.2) is 31.0 Å². The summed E-state index contributed by atoms with van der Waals surface area (Å²) in [6.45, 7) is 2.23. The minimum absolute atomic E-state index is 0.314. The van der Waals surface area contributed by atoms with E-state index in [2.05, 4.69) is 15.6 Å². The Morgan fingerprint density at radius 3 is 2.42 bits per heavy atom. The molecule has 0 atom stereocenters. The first kappa shape index (κ1) is 22.2. The van der Waals surface area contributed by atoms with Crippen LogP contribution in [0, 0.1) is 6.92 Å². The van der Waals surface area contributed by atoms with Gasteiger partial charge >= 0.3 is 0 Å². The number of anilines is 1. The fourth-order valence-electron chi connectivity index (χ4n) is 2.93. The van der Waals surface area contributed by atoms with Gasteiger partial charge in [0.25, 0.3) is 5.91 Å². The third-order valence-corrected chi connectivity index (χ3v) is 5.91. The Labute approximate surface area is 181 Å². The van der Waals surface area contributed by atoms with Gasteiger partial charge in [0.15, 0.2) is 9.84 Å². The third-order valence-electron chi connectivity index (χ3n) is 4.44. The zero-order valence-electron chi connectivity index (χ0n) is 17.0. The molecule has 0 aliphatic carbocycles. The number of aryl methyl sites for hydroxylation is 1. The van der Waals surface area contributed by atoms with Gasteiger partial charge in [-0.3, -0.25) is 14.6 Å². The number of benzene rings is 2. The van der Waals surface area contributed by atoms with Crippen LogP contribution in [0.5, 0.6) is 0 Å². The van der Waals surface area contributed by atoms with E-state index in [9.17, 15) is 18.0 Å². The van der Waals surface area contributed by atoms with Gasteiger partial charge in [0.2, 0.25) is 5.91 Å². The highest BCUT2D eigenvalue weighted by Gasteiger charge is 2.18. The van der Waals surface area contributed by atoms with Crippen LogP contribution in [0.25, 0.3) is 0 Å². The molecule has 0 aliphatic rings. The van der Waals surface area contributed by atoms with Crippen molar-refractivity contribution in [1.29, 1.82) is 0 Å². The van der Waals surface area contributed by atoms with Gasteiger partial charge in [0.1, 0.15) is 5.75 Å². The van der Waals surface area contributed by atoms with Gasteiger partial charge in [-0.1, -0.05) is 35.9 Å². The molecule has 160 valence electrons. The molecule has 0 saturated carbocycles. The first-order valence-corrected chi connectivity index (χ1v) is 11.5. The van der Waals surface area contributed by atoms with Crippen molar-refractivity contribution >= 4 is 27.3 Å². The van der Waals surface area contributed by atoms with E-state index in [1.54, 1.807) is 48.8 Å². The molecule has 2 amide bonds. The first-order valence-electron chi connectivity index (χ1n) is 9.64. The lowest BCUT2D eigenvalue weighted by Gasteiger charge is -2.09. The smallest absolute Gasteiger partial charge is 0.251 e. The molecule has 1 aromatic heterocycles. The van der Waals surface area contributed by atoms with Crippen molar-refractivity contribution in [2.45, 2.75) is 19.2 Å². The van der Waals surface area contributed by atoms with E-state index in [0.717, 1.165) is 11.1 Å². The highest BCUT2D eigenvalue weighted by atomic mass is 32.2. The van der Waals surface area contributed by atoms with Gasteiger partial charge in [-0.25, -0.2) is 8.42 Å². The molecule has 3 rings (SSSR count). The lowest BCUT2D eigenvalue weighted by Crippen LogP contribution is -2.24. The van der Waals surface area contributed by atoms with Crippen LogP contribution in [0.1, 0.15) is 27.0 Å². The van der Waals surface area contributed by atoms with Gasteiger partial charge in [-0.05, 0) is 48.4 Å². The summed E-state index contributed by atoms with van der Waals surface area (Å²) < 4.78 is 25.0. The number of amides is 2. The summed E-state index contributed by atoms with van der Waals surface area (Å²) in [6.07, 6.45) is 3.31.